The molecule has 3 heterocycles. The number of rotatable bonds is 6. The fourth-order valence-corrected chi connectivity index (χ4v) is 7.75. The Morgan fingerprint density at radius 1 is 1.27 bits per heavy atom. The van der Waals surface area contributed by atoms with Gasteiger partial charge in [-0.25, -0.2) is 9.37 Å². The number of thiazole rings is 1. The Morgan fingerprint density at radius 2 is 2.06 bits per heavy atom. The van der Waals surface area contributed by atoms with Gasteiger partial charge >= 0.3 is 0 Å². The van der Waals surface area contributed by atoms with Gasteiger partial charge in [-0.1, -0.05) is 0 Å². The van der Waals surface area contributed by atoms with Crippen LogP contribution in [0.25, 0.3) is 0 Å². The van der Waals surface area contributed by atoms with Crippen LogP contribution in [0.15, 0.2) is 18.3 Å². The molecule has 0 unspecified atom stereocenters. The van der Waals surface area contributed by atoms with Crippen molar-refractivity contribution in [2.75, 3.05) is 13.1 Å². The van der Waals surface area contributed by atoms with E-state index < -0.39 is 5.67 Å². The number of carbonyl (C=O) groups is 1. The summed E-state index contributed by atoms with van der Waals surface area (Å²) < 4.78 is 13.9. The van der Waals surface area contributed by atoms with Gasteiger partial charge in [0, 0.05) is 41.3 Å². The summed E-state index contributed by atoms with van der Waals surface area (Å²) in [6, 6.07) is 3.95. The number of hydrogen-bond donors (Lipinski definition) is 1. The number of carbonyl (C=O) groups excluding carboxylic acids is 1. The molecule has 0 saturated heterocycles. The standard InChI is InChI=1S/C26H33FN4OS/c1-17-20(3-2-10-28-17)23(32)29-19-6-4-18(5-7-19)8-11-31-12-9-22-21(13-31)30-24(33-22)25-14-26(27,15-25)16-25/h2-3,10,18-19H,4-9,11-16H2,1H3,(H,29,32). The number of nitrogens with zero attached hydrogens (tertiary/aromatic N) is 3. The molecule has 0 spiro atoms. The number of aryl methyl sites for hydroxylation is 1. The first kappa shape index (κ1) is 21.7. The van der Waals surface area contributed by atoms with Crippen molar-refractivity contribution in [2.45, 2.75) is 88.4 Å². The molecule has 5 nitrogen and oxygen atoms in total. The SMILES string of the molecule is Cc1ncccc1C(=O)NC1CCC(CCN2CCc3sc(C45CC(F)(C4)C5)nc3C2)CC1. The maximum atomic E-state index is 13.9. The first-order valence-electron chi connectivity index (χ1n) is 12.5. The number of nitrogens with one attached hydrogen (secondary N) is 1. The highest BCUT2D eigenvalue weighted by Gasteiger charge is 2.71. The van der Waals surface area contributed by atoms with Crippen molar-refractivity contribution < 1.29 is 9.18 Å². The summed E-state index contributed by atoms with van der Waals surface area (Å²) in [7, 11) is 0. The number of amides is 1. The lowest BCUT2D eigenvalue weighted by Crippen LogP contribution is -2.67. The number of aromatic nitrogens is 2. The summed E-state index contributed by atoms with van der Waals surface area (Å²) in [4.78, 5) is 25.8. The summed E-state index contributed by atoms with van der Waals surface area (Å²) in [5.41, 5.74) is 1.99. The topological polar surface area (TPSA) is 58.1 Å². The van der Waals surface area contributed by atoms with Gasteiger partial charge < -0.3 is 5.32 Å². The van der Waals surface area contributed by atoms with E-state index in [1.165, 1.54) is 34.8 Å². The van der Waals surface area contributed by atoms with E-state index in [9.17, 15) is 9.18 Å². The molecule has 4 fully saturated rings. The number of pyridine rings is 1. The Morgan fingerprint density at radius 3 is 2.79 bits per heavy atom. The minimum Gasteiger partial charge on any atom is -0.349 e. The molecule has 0 radical (unpaired) electrons. The third-order valence-corrected chi connectivity index (χ3v) is 9.92. The summed E-state index contributed by atoms with van der Waals surface area (Å²) in [6.45, 7) is 5.08. The van der Waals surface area contributed by atoms with Crippen molar-refractivity contribution >= 4 is 17.2 Å². The second kappa shape index (κ2) is 8.12. The molecule has 1 amide bonds. The van der Waals surface area contributed by atoms with Crippen molar-refractivity contribution in [1.29, 1.82) is 0 Å². The van der Waals surface area contributed by atoms with Crippen LogP contribution in [0.2, 0.25) is 0 Å². The van der Waals surface area contributed by atoms with Crippen LogP contribution >= 0.6 is 11.3 Å². The molecule has 7 heteroatoms. The van der Waals surface area contributed by atoms with Crippen LogP contribution in [0.3, 0.4) is 0 Å². The van der Waals surface area contributed by atoms with Crippen LogP contribution in [-0.2, 0) is 18.4 Å². The van der Waals surface area contributed by atoms with Gasteiger partial charge in [0.25, 0.3) is 5.91 Å². The lowest BCUT2D eigenvalue weighted by atomic mass is 9.42. The molecule has 1 N–H and O–H groups in total. The van der Waals surface area contributed by atoms with E-state index in [4.69, 9.17) is 4.98 Å². The summed E-state index contributed by atoms with van der Waals surface area (Å²) in [6.07, 6.45) is 10.7. The smallest absolute Gasteiger partial charge is 0.253 e. The molecule has 2 bridgehead atoms. The average Bonchev–Trinajstić information content (AvgIpc) is 3.19. The molecule has 0 atom stereocenters. The molecular formula is C26H33FN4OS. The lowest BCUT2D eigenvalue weighted by molar-refractivity contribution is -0.158. The van der Waals surface area contributed by atoms with Crippen molar-refractivity contribution in [1.82, 2.24) is 20.2 Å². The fraction of sp³-hybridized carbons (Fsp3) is 0.654. The third-order valence-electron chi connectivity index (χ3n) is 8.51. The van der Waals surface area contributed by atoms with Gasteiger partial charge in [0.05, 0.1) is 16.3 Å². The van der Waals surface area contributed by atoms with Crippen molar-refractivity contribution in [3.05, 3.63) is 45.2 Å². The summed E-state index contributed by atoms with van der Waals surface area (Å²) in [5, 5.41) is 4.44. The van der Waals surface area contributed by atoms with Crippen molar-refractivity contribution in [3.8, 4) is 0 Å². The van der Waals surface area contributed by atoms with Gasteiger partial charge in [0.1, 0.15) is 5.67 Å². The van der Waals surface area contributed by atoms with Gasteiger partial charge in [-0.05, 0) is 89.3 Å². The van der Waals surface area contributed by atoms with E-state index in [0.717, 1.165) is 50.5 Å². The maximum Gasteiger partial charge on any atom is 0.253 e. The van der Waals surface area contributed by atoms with Gasteiger partial charge in [0.2, 0.25) is 0 Å². The first-order chi connectivity index (χ1) is 15.9. The zero-order valence-corrected chi connectivity index (χ0v) is 20.2. The van der Waals surface area contributed by atoms with Gasteiger partial charge in [0.15, 0.2) is 0 Å². The fourth-order valence-electron chi connectivity index (χ4n) is 6.51. The Balaban J connectivity index is 0.954. The quantitative estimate of drug-likeness (QED) is 0.666. The monoisotopic (exact) mass is 468 g/mol. The normalized spacial score (nSPS) is 33.0. The highest BCUT2D eigenvalue weighted by atomic mass is 32.1. The zero-order chi connectivity index (χ0) is 22.6. The Labute approximate surface area is 199 Å². The molecule has 0 aromatic carbocycles. The van der Waals surface area contributed by atoms with E-state index in [1.54, 1.807) is 6.20 Å². The predicted molar refractivity (Wildman–Crippen MR) is 127 cm³/mol. The third kappa shape index (κ3) is 4.01. The van der Waals surface area contributed by atoms with Crippen LogP contribution in [0, 0.1) is 12.8 Å². The molecular weight excluding hydrogens is 435 g/mol. The van der Waals surface area contributed by atoms with E-state index in [2.05, 4.69) is 15.2 Å². The van der Waals surface area contributed by atoms with Crippen LogP contribution in [-0.4, -0.2) is 45.6 Å². The Bertz CT molecular complexity index is 1040. The molecule has 7 rings (SSSR count). The first-order valence-corrected chi connectivity index (χ1v) is 13.4. The second-order valence-corrected chi connectivity index (χ2v) is 12.1. The largest absolute Gasteiger partial charge is 0.349 e. The van der Waals surface area contributed by atoms with Crippen LogP contribution < -0.4 is 5.32 Å². The van der Waals surface area contributed by atoms with E-state index >= 15 is 0 Å². The molecule has 2 aromatic heterocycles. The zero-order valence-electron chi connectivity index (χ0n) is 19.4. The van der Waals surface area contributed by atoms with Gasteiger partial charge in [-0.15, -0.1) is 11.3 Å². The van der Waals surface area contributed by atoms with Crippen molar-refractivity contribution in [3.63, 3.8) is 0 Å². The Kier molecular flexibility index (Phi) is 5.33. The van der Waals surface area contributed by atoms with Gasteiger partial charge in [-0.2, -0.15) is 0 Å². The lowest BCUT2D eigenvalue weighted by Gasteiger charge is -2.64. The van der Waals surface area contributed by atoms with Crippen LogP contribution in [0.1, 0.15) is 83.0 Å². The number of fused-ring (bicyclic) bond motifs is 1. The maximum absolute atomic E-state index is 13.9. The molecule has 4 aliphatic carbocycles. The van der Waals surface area contributed by atoms with Crippen molar-refractivity contribution in [2.24, 2.45) is 5.92 Å². The Hall–Kier alpha value is -1.86. The number of alkyl halides is 1. The number of hydrogen-bond acceptors (Lipinski definition) is 5. The van der Waals surface area contributed by atoms with Crippen LogP contribution in [0.5, 0.6) is 0 Å². The number of halogens is 1. The van der Waals surface area contributed by atoms with E-state index in [0.29, 0.717) is 24.8 Å². The van der Waals surface area contributed by atoms with Crippen LogP contribution in [0.4, 0.5) is 4.39 Å². The molecule has 5 aliphatic rings. The second-order valence-electron chi connectivity index (χ2n) is 11.0. The van der Waals surface area contributed by atoms with Gasteiger partial charge in [-0.3, -0.25) is 14.7 Å². The summed E-state index contributed by atoms with van der Waals surface area (Å²) in [5.74, 6) is 0.753. The molecule has 4 saturated carbocycles. The molecule has 2 aromatic rings. The van der Waals surface area contributed by atoms with E-state index in [1.807, 2.05) is 30.4 Å². The molecule has 1 aliphatic heterocycles. The van der Waals surface area contributed by atoms with E-state index in [-0.39, 0.29) is 17.4 Å². The highest BCUT2D eigenvalue weighted by molar-refractivity contribution is 7.12. The predicted octanol–water partition coefficient (Wildman–Crippen LogP) is 4.73. The molecule has 176 valence electrons. The average molecular weight is 469 g/mol. The molecule has 33 heavy (non-hydrogen) atoms. The minimum absolute atomic E-state index is 0.0105. The highest BCUT2D eigenvalue weighted by Crippen LogP contribution is 2.70. The minimum atomic E-state index is -0.849. The summed E-state index contributed by atoms with van der Waals surface area (Å²) >= 11 is 1.86.